The molecule has 0 bridgehead atoms. The Morgan fingerprint density at radius 3 is 1.70 bits per heavy atom. The molecule has 0 aliphatic heterocycles. The highest BCUT2D eigenvalue weighted by molar-refractivity contribution is 6.96. The highest BCUT2D eigenvalue weighted by Crippen LogP contribution is 2.42. The van der Waals surface area contributed by atoms with Crippen LogP contribution in [0.2, 0.25) is 16.6 Å². The summed E-state index contributed by atoms with van der Waals surface area (Å²) in [5.74, 6) is 0. The third-order valence-electron chi connectivity index (χ3n) is 5.12. The van der Waals surface area contributed by atoms with Gasteiger partial charge in [-0.05, 0) is 27.4 Å². The van der Waals surface area contributed by atoms with Gasteiger partial charge in [0.25, 0.3) is 0 Å². The molecule has 1 heteroatoms. The van der Waals surface area contributed by atoms with E-state index in [1.807, 2.05) is 0 Å². The summed E-state index contributed by atoms with van der Waals surface area (Å²) >= 11 is 0. The van der Waals surface area contributed by atoms with Crippen molar-refractivity contribution < 1.29 is 0 Å². The van der Waals surface area contributed by atoms with E-state index in [9.17, 15) is 0 Å². The minimum absolute atomic E-state index is 0.758. The number of hydrogen-bond donors (Lipinski definition) is 0. The molecule has 0 heterocycles. The van der Waals surface area contributed by atoms with E-state index >= 15 is 0 Å². The molecule has 0 unspecified atom stereocenters. The monoisotopic (exact) mass is 284 g/mol. The first-order chi connectivity index (χ1) is 9.42. The van der Waals surface area contributed by atoms with Crippen molar-refractivity contribution in [3.63, 3.8) is 0 Å². The fourth-order valence-corrected chi connectivity index (χ4v) is 11.5. The fraction of sp³-hybridized carbons (Fsp3) is 0.474. The van der Waals surface area contributed by atoms with Crippen LogP contribution < -0.4 is 5.19 Å². The van der Waals surface area contributed by atoms with Crippen molar-refractivity contribution in [2.75, 3.05) is 0 Å². The summed E-state index contributed by atoms with van der Waals surface area (Å²) in [4.78, 5) is 0. The molecular formula is C19H28Si. The Morgan fingerprint density at radius 1 is 0.650 bits per heavy atom. The zero-order valence-corrected chi connectivity index (χ0v) is 14.8. The van der Waals surface area contributed by atoms with E-state index in [4.69, 9.17) is 0 Å². The molecule has 108 valence electrons. The Bertz CT molecular complexity index is 554. The maximum atomic E-state index is 2.44. The highest BCUT2D eigenvalue weighted by atomic mass is 28.3. The van der Waals surface area contributed by atoms with Gasteiger partial charge in [0.15, 0.2) is 0 Å². The van der Waals surface area contributed by atoms with Crippen molar-refractivity contribution in [2.24, 2.45) is 0 Å². The molecule has 0 aliphatic carbocycles. The molecule has 0 atom stereocenters. The largest absolute Gasteiger partial charge is 0.0950 e. The predicted molar refractivity (Wildman–Crippen MR) is 94.6 cm³/mol. The van der Waals surface area contributed by atoms with Gasteiger partial charge in [-0.25, -0.2) is 0 Å². The lowest BCUT2D eigenvalue weighted by Crippen LogP contribution is -2.55. The number of benzene rings is 2. The summed E-state index contributed by atoms with van der Waals surface area (Å²) < 4.78 is 0. The first-order valence-corrected chi connectivity index (χ1v) is 10.1. The van der Waals surface area contributed by atoms with Gasteiger partial charge in [0.05, 0.1) is 8.07 Å². The van der Waals surface area contributed by atoms with Gasteiger partial charge >= 0.3 is 0 Å². The average molecular weight is 285 g/mol. The second-order valence-electron chi connectivity index (χ2n) is 6.92. The van der Waals surface area contributed by atoms with Crippen LogP contribution >= 0.6 is 0 Å². The highest BCUT2D eigenvalue weighted by Gasteiger charge is 2.44. The second-order valence-corrected chi connectivity index (χ2v) is 12.8. The molecule has 2 rings (SSSR count). The molecule has 0 aromatic heterocycles. The Hall–Kier alpha value is -1.08. The zero-order chi connectivity index (χ0) is 14.9. The first-order valence-electron chi connectivity index (χ1n) is 7.90. The smallest absolute Gasteiger partial charge is 0.0648 e. The summed E-state index contributed by atoms with van der Waals surface area (Å²) in [5.41, 5.74) is 2.27. The molecule has 0 spiro atoms. The number of rotatable bonds is 4. The molecule has 2 aromatic carbocycles. The van der Waals surface area contributed by atoms with Crippen LogP contribution in [0, 0.1) is 0 Å². The Labute approximate surface area is 125 Å². The molecule has 0 amide bonds. The van der Waals surface area contributed by atoms with Crippen LogP contribution in [0.4, 0.5) is 0 Å². The molecule has 2 aromatic rings. The van der Waals surface area contributed by atoms with Gasteiger partial charge in [0.2, 0.25) is 0 Å². The van der Waals surface area contributed by atoms with Crippen molar-refractivity contribution >= 4 is 24.0 Å². The Morgan fingerprint density at radius 2 is 1.15 bits per heavy atom. The van der Waals surface area contributed by atoms with Crippen molar-refractivity contribution in [3.8, 4) is 0 Å². The average Bonchev–Trinajstić information content (AvgIpc) is 2.38. The molecule has 0 aliphatic rings. The van der Waals surface area contributed by atoms with E-state index in [1.165, 1.54) is 10.8 Å². The maximum absolute atomic E-state index is 2.44. The van der Waals surface area contributed by atoms with Crippen molar-refractivity contribution in [1.82, 2.24) is 0 Å². The van der Waals surface area contributed by atoms with Crippen molar-refractivity contribution in [3.05, 3.63) is 42.5 Å². The molecule has 0 saturated heterocycles. The van der Waals surface area contributed by atoms with Crippen LogP contribution in [0.3, 0.4) is 0 Å². The Balaban J connectivity index is 2.82. The van der Waals surface area contributed by atoms with Gasteiger partial charge < -0.3 is 0 Å². The van der Waals surface area contributed by atoms with E-state index in [2.05, 4.69) is 84.0 Å². The first kappa shape index (κ1) is 15.3. The number of hydrogen-bond acceptors (Lipinski definition) is 0. The van der Waals surface area contributed by atoms with E-state index in [0.717, 1.165) is 16.6 Å². The summed E-state index contributed by atoms with van der Waals surface area (Å²) in [5, 5.41) is 4.54. The van der Waals surface area contributed by atoms with Crippen LogP contribution in [-0.2, 0) is 0 Å². The topological polar surface area (TPSA) is 0 Å². The summed E-state index contributed by atoms with van der Waals surface area (Å²) in [6, 6.07) is 15.8. The van der Waals surface area contributed by atoms with Crippen molar-refractivity contribution in [2.45, 2.75) is 58.2 Å². The predicted octanol–water partition coefficient (Wildman–Crippen LogP) is 5.73. The minimum atomic E-state index is -1.57. The van der Waals surface area contributed by atoms with Crippen LogP contribution in [-0.4, -0.2) is 8.07 Å². The molecule has 0 radical (unpaired) electrons. The van der Waals surface area contributed by atoms with Gasteiger partial charge in [-0.15, -0.1) is 0 Å². The molecule has 0 saturated carbocycles. The quantitative estimate of drug-likeness (QED) is 0.629. The van der Waals surface area contributed by atoms with Gasteiger partial charge in [-0.1, -0.05) is 89.2 Å². The lowest BCUT2D eigenvalue weighted by Gasteiger charge is -2.44. The minimum Gasteiger partial charge on any atom is -0.0648 e. The lowest BCUT2D eigenvalue weighted by atomic mass is 10.1. The molecule has 0 fully saturated rings. The van der Waals surface area contributed by atoms with Crippen LogP contribution in [0.15, 0.2) is 42.5 Å². The second kappa shape index (κ2) is 5.73. The molecule has 0 nitrogen and oxygen atoms in total. The third kappa shape index (κ3) is 2.22. The van der Waals surface area contributed by atoms with E-state index in [1.54, 1.807) is 5.19 Å². The van der Waals surface area contributed by atoms with Crippen LogP contribution in [0.5, 0.6) is 0 Å². The lowest BCUT2D eigenvalue weighted by molar-refractivity contribution is 0.836. The zero-order valence-electron chi connectivity index (χ0n) is 13.8. The van der Waals surface area contributed by atoms with Gasteiger partial charge in [0.1, 0.15) is 0 Å². The SMILES string of the molecule is CC(C)[Si](c1cccc2ccccc12)(C(C)C)C(C)C. The van der Waals surface area contributed by atoms with Gasteiger partial charge in [0, 0.05) is 0 Å². The van der Waals surface area contributed by atoms with E-state index in [-0.39, 0.29) is 0 Å². The van der Waals surface area contributed by atoms with Gasteiger partial charge in [-0.2, -0.15) is 0 Å². The number of fused-ring (bicyclic) bond motifs is 1. The van der Waals surface area contributed by atoms with E-state index < -0.39 is 8.07 Å². The maximum Gasteiger partial charge on any atom is 0.0950 e. The Kier molecular flexibility index (Phi) is 4.39. The van der Waals surface area contributed by atoms with Gasteiger partial charge in [-0.3, -0.25) is 0 Å². The molecule has 0 N–H and O–H groups in total. The fourth-order valence-electron chi connectivity index (χ4n) is 4.54. The van der Waals surface area contributed by atoms with Crippen LogP contribution in [0.1, 0.15) is 41.5 Å². The molecular weight excluding hydrogens is 256 g/mol. The summed E-state index contributed by atoms with van der Waals surface area (Å²) in [7, 11) is -1.57. The van der Waals surface area contributed by atoms with E-state index in [0.29, 0.717) is 0 Å². The van der Waals surface area contributed by atoms with Crippen molar-refractivity contribution in [1.29, 1.82) is 0 Å². The summed E-state index contributed by atoms with van der Waals surface area (Å²) in [6.07, 6.45) is 0. The summed E-state index contributed by atoms with van der Waals surface area (Å²) in [6.45, 7) is 14.6. The van der Waals surface area contributed by atoms with Crippen LogP contribution in [0.25, 0.3) is 10.8 Å². The standard InChI is InChI=1S/C19H28Si/c1-14(2)20(15(3)4,16(5)6)19-13-9-11-17-10-7-8-12-18(17)19/h7-16H,1-6H3. The third-order valence-corrected chi connectivity index (χ3v) is 12.2. The molecule has 20 heavy (non-hydrogen) atoms. The normalized spacial score (nSPS) is 12.8.